The van der Waals surface area contributed by atoms with E-state index in [9.17, 15) is 14.9 Å². The van der Waals surface area contributed by atoms with Gasteiger partial charge in [0, 0.05) is 12.3 Å². The van der Waals surface area contributed by atoms with Crippen LogP contribution in [0.2, 0.25) is 0 Å². The van der Waals surface area contributed by atoms with E-state index in [1.54, 1.807) is 0 Å². The number of aromatic nitrogens is 1. The van der Waals surface area contributed by atoms with Gasteiger partial charge in [0.15, 0.2) is 5.69 Å². The van der Waals surface area contributed by atoms with Gasteiger partial charge in [-0.1, -0.05) is 5.92 Å². The van der Waals surface area contributed by atoms with Gasteiger partial charge in [0.1, 0.15) is 0 Å². The third-order valence-corrected chi connectivity index (χ3v) is 1.45. The SMILES string of the molecule is NC(=O)CC#Cc1ncccc1[N+](=O)[O-]. The summed E-state index contributed by atoms with van der Waals surface area (Å²) in [4.78, 5) is 24.0. The summed E-state index contributed by atoms with van der Waals surface area (Å²) in [6, 6.07) is 2.73. The minimum atomic E-state index is -0.582. The van der Waals surface area contributed by atoms with E-state index in [0.717, 1.165) is 0 Å². The molecule has 76 valence electrons. The zero-order valence-electron chi connectivity index (χ0n) is 7.64. The molecule has 0 aromatic carbocycles. The van der Waals surface area contributed by atoms with E-state index in [1.165, 1.54) is 18.3 Å². The maximum absolute atomic E-state index is 10.5. The molecule has 2 N–H and O–H groups in total. The molecule has 1 rings (SSSR count). The van der Waals surface area contributed by atoms with Crippen molar-refractivity contribution in [1.82, 2.24) is 4.98 Å². The first-order valence-corrected chi connectivity index (χ1v) is 3.98. The smallest absolute Gasteiger partial charge is 0.303 e. The summed E-state index contributed by atoms with van der Waals surface area (Å²) >= 11 is 0. The monoisotopic (exact) mass is 205 g/mol. The van der Waals surface area contributed by atoms with Crippen molar-refractivity contribution in [2.45, 2.75) is 6.42 Å². The number of pyridine rings is 1. The summed E-state index contributed by atoms with van der Waals surface area (Å²) < 4.78 is 0. The normalized spacial score (nSPS) is 8.80. The fourth-order valence-electron chi connectivity index (χ4n) is 0.855. The number of hydrogen-bond acceptors (Lipinski definition) is 4. The molecule has 1 amide bonds. The molecule has 0 aliphatic rings. The van der Waals surface area contributed by atoms with Crippen molar-refractivity contribution in [3.8, 4) is 11.8 Å². The minimum Gasteiger partial charge on any atom is -0.369 e. The lowest BCUT2D eigenvalue weighted by Crippen LogP contribution is -2.08. The van der Waals surface area contributed by atoms with Gasteiger partial charge in [-0.15, -0.1) is 0 Å². The number of carbonyl (C=O) groups excluding carboxylic acids is 1. The molecule has 0 fully saturated rings. The van der Waals surface area contributed by atoms with E-state index < -0.39 is 10.8 Å². The quantitative estimate of drug-likeness (QED) is 0.424. The lowest BCUT2D eigenvalue weighted by Gasteiger charge is -1.92. The van der Waals surface area contributed by atoms with Crippen molar-refractivity contribution < 1.29 is 9.72 Å². The largest absolute Gasteiger partial charge is 0.369 e. The van der Waals surface area contributed by atoms with Gasteiger partial charge in [0.05, 0.1) is 11.3 Å². The molecule has 0 aliphatic heterocycles. The summed E-state index contributed by atoms with van der Waals surface area (Å²) in [6.07, 6.45) is 1.25. The first-order valence-electron chi connectivity index (χ1n) is 3.98. The van der Waals surface area contributed by atoms with Gasteiger partial charge >= 0.3 is 5.69 Å². The minimum absolute atomic E-state index is 0.0313. The Bertz CT molecular complexity index is 459. The van der Waals surface area contributed by atoms with Gasteiger partial charge < -0.3 is 5.73 Å². The number of hydrogen-bond donors (Lipinski definition) is 1. The van der Waals surface area contributed by atoms with E-state index in [0.29, 0.717) is 0 Å². The first kappa shape index (κ1) is 10.7. The van der Waals surface area contributed by atoms with Crippen LogP contribution in [0.3, 0.4) is 0 Å². The molecule has 1 heterocycles. The van der Waals surface area contributed by atoms with Crippen molar-refractivity contribution in [3.05, 3.63) is 34.1 Å². The summed E-state index contributed by atoms with van der Waals surface area (Å²) in [7, 11) is 0. The Morgan fingerprint density at radius 1 is 1.67 bits per heavy atom. The molecule has 15 heavy (non-hydrogen) atoms. The van der Waals surface area contributed by atoms with Crippen LogP contribution in [0.4, 0.5) is 5.69 Å². The fourth-order valence-corrected chi connectivity index (χ4v) is 0.855. The highest BCUT2D eigenvalue weighted by molar-refractivity contribution is 5.76. The van der Waals surface area contributed by atoms with Gasteiger partial charge in [-0.3, -0.25) is 14.9 Å². The molecule has 0 atom stereocenters. The number of carbonyl (C=O) groups is 1. The highest BCUT2D eigenvalue weighted by Crippen LogP contribution is 2.13. The highest BCUT2D eigenvalue weighted by atomic mass is 16.6. The van der Waals surface area contributed by atoms with Gasteiger partial charge in [0.2, 0.25) is 5.91 Å². The predicted molar refractivity (Wildman–Crippen MR) is 51.6 cm³/mol. The van der Waals surface area contributed by atoms with Crippen molar-refractivity contribution >= 4 is 11.6 Å². The van der Waals surface area contributed by atoms with Crippen LogP contribution < -0.4 is 5.73 Å². The Hall–Kier alpha value is -2.42. The van der Waals surface area contributed by atoms with Crippen LogP contribution in [0.15, 0.2) is 18.3 Å². The van der Waals surface area contributed by atoms with Crippen molar-refractivity contribution in [2.75, 3.05) is 0 Å². The Morgan fingerprint density at radius 2 is 2.40 bits per heavy atom. The summed E-state index contributed by atoms with van der Waals surface area (Å²) in [6.45, 7) is 0. The van der Waals surface area contributed by atoms with Crippen LogP contribution in [0, 0.1) is 22.0 Å². The van der Waals surface area contributed by atoms with E-state index in [-0.39, 0.29) is 17.8 Å². The van der Waals surface area contributed by atoms with Crippen LogP contribution in [-0.2, 0) is 4.79 Å². The second-order valence-corrected chi connectivity index (χ2v) is 2.57. The zero-order chi connectivity index (χ0) is 11.3. The molecule has 6 nitrogen and oxygen atoms in total. The maximum atomic E-state index is 10.5. The van der Waals surface area contributed by atoms with Crippen LogP contribution in [0.1, 0.15) is 12.1 Å². The lowest BCUT2D eigenvalue weighted by molar-refractivity contribution is -0.385. The zero-order valence-corrected chi connectivity index (χ0v) is 7.64. The number of nitrogens with two attached hydrogens (primary N) is 1. The highest BCUT2D eigenvalue weighted by Gasteiger charge is 2.11. The molecule has 0 unspecified atom stereocenters. The lowest BCUT2D eigenvalue weighted by atomic mass is 10.3. The molecule has 0 radical (unpaired) electrons. The second kappa shape index (κ2) is 4.72. The van der Waals surface area contributed by atoms with Gasteiger partial charge in [-0.2, -0.15) is 0 Å². The van der Waals surface area contributed by atoms with Crippen LogP contribution in [-0.4, -0.2) is 15.8 Å². The molecule has 1 aromatic heterocycles. The topological polar surface area (TPSA) is 99.1 Å². The number of nitro groups is 1. The molecule has 0 saturated carbocycles. The number of rotatable bonds is 2. The van der Waals surface area contributed by atoms with Gasteiger partial charge in [0.25, 0.3) is 0 Å². The predicted octanol–water partition coefficient (Wildman–Crippen LogP) is 0.217. The molecule has 0 bridgehead atoms. The fraction of sp³-hybridized carbons (Fsp3) is 0.111. The number of primary amides is 1. The van der Waals surface area contributed by atoms with Gasteiger partial charge in [-0.05, 0) is 12.0 Å². The Balaban J connectivity index is 2.97. The van der Waals surface area contributed by atoms with E-state index in [4.69, 9.17) is 5.73 Å². The maximum Gasteiger partial charge on any atom is 0.303 e. The van der Waals surface area contributed by atoms with Crippen LogP contribution >= 0.6 is 0 Å². The van der Waals surface area contributed by atoms with E-state index in [2.05, 4.69) is 16.8 Å². The molecule has 0 saturated heterocycles. The molecule has 6 heteroatoms. The molecule has 1 aromatic rings. The van der Waals surface area contributed by atoms with E-state index in [1.807, 2.05) is 0 Å². The molecular formula is C9H7N3O3. The summed E-state index contributed by atoms with van der Waals surface area (Å²) in [5.74, 6) is 4.24. The molecule has 0 spiro atoms. The summed E-state index contributed by atoms with van der Waals surface area (Å²) in [5.41, 5.74) is 4.70. The molecule has 0 aliphatic carbocycles. The summed E-state index contributed by atoms with van der Waals surface area (Å²) in [5, 5.41) is 10.5. The molecular weight excluding hydrogens is 198 g/mol. The number of amides is 1. The second-order valence-electron chi connectivity index (χ2n) is 2.57. The first-order chi connectivity index (χ1) is 7.11. The average Bonchev–Trinajstić information content (AvgIpc) is 2.17. The number of nitrogens with zero attached hydrogens (tertiary/aromatic N) is 2. The van der Waals surface area contributed by atoms with Crippen molar-refractivity contribution in [2.24, 2.45) is 5.73 Å². The van der Waals surface area contributed by atoms with Crippen molar-refractivity contribution in [1.29, 1.82) is 0 Å². The Morgan fingerprint density at radius 3 is 3.00 bits per heavy atom. The Labute approximate surface area is 85.3 Å². The third kappa shape index (κ3) is 3.08. The van der Waals surface area contributed by atoms with Crippen LogP contribution in [0.25, 0.3) is 0 Å². The third-order valence-electron chi connectivity index (χ3n) is 1.45. The van der Waals surface area contributed by atoms with E-state index >= 15 is 0 Å². The average molecular weight is 205 g/mol. The van der Waals surface area contributed by atoms with Crippen LogP contribution in [0.5, 0.6) is 0 Å². The van der Waals surface area contributed by atoms with Gasteiger partial charge in [-0.25, -0.2) is 4.98 Å². The van der Waals surface area contributed by atoms with Crippen molar-refractivity contribution in [3.63, 3.8) is 0 Å². The Kier molecular flexibility index (Phi) is 3.35. The standard InChI is InChI=1S/C9H7N3O3/c10-9(13)5-1-3-7-8(12(14)15)4-2-6-11-7/h2,4,6H,5H2,(H2,10,13).